The Balaban J connectivity index is 1.82. The third kappa shape index (κ3) is 3.49. The van der Waals surface area contributed by atoms with E-state index in [0.29, 0.717) is 0 Å². The standard InChI is InChI=1S/C15H21N/c1-13(11-14-7-3-2-4-8-14)12-16-15-9-5-6-10-15/h2-4,7-8,11,15-16H,5-6,9-10,12H2,1H3. The third-order valence-corrected chi connectivity index (χ3v) is 3.24. The summed E-state index contributed by atoms with van der Waals surface area (Å²) in [4.78, 5) is 0. The van der Waals surface area contributed by atoms with Crippen LogP contribution < -0.4 is 5.32 Å². The van der Waals surface area contributed by atoms with Crippen molar-refractivity contribution in [3.05, 3.63) is 41.5 Å². The second kappa shape index (κ2) is 5.86. The van der Waals surface area contributed by atoms with Gasteiger partial charge in [-0.2, -0.15) is 0 Å². The maximum atomic E-state index is 3.63. The molecule has 2 rings (SSSR count). The van der Waals surface area contributed by atoms with E-state index in [1.54, 1.807) is 0 Å². The highest BCUT2D eigenvalue weighted by Crippen LogP contribution is 2.17. The van der Waals surface area contributed by atoms with Gasteiger partial charge in [0.05, 0.1) is 0 Å². The molecule has 0 atom stereocenters. The summed E-state index contributed by atoms with van der Waals surface area (Å²) in [6.45, 7) is 3.23. The lowest BCUT2D eigenvalue weighted by Gasteiger charge is -2.11. The normalized spacial score (nSPS) is 17.9. The van der Waals surface area contributed by atoms with Crippen LogP contribution in [0.25, 0.3) is 6.08 Å². The van der Waals surface area contributed by atoms with E-state index in [4.69, 9.17) is 0 Å². The van der Waals surface area contributed by atoms with Crippen molar-refractivity contribution in [2.24, 2.45) is 0 Å². The Labute approximate surface area is 98.6 Å². The van der Waals surface area contributed by atoms with Gasteiger partial charge < -0.3 is 5.32 Å². The van der Waals surface area contributed by atoms with Crippen LogP contribution in [0, 0.1) is 0 Å². The van der Waals surface area contributed by atoms with Crippen LogP contribution in [0.2, 0.25) is 0 Å². The van der Waals surface area contributed by atoms with Gasteiger partial charge in [0.2, 0.25) is 0 Å². The Morgan fingerprint density at radius 1 is 1.25 bits per heavy atom. The largest absolute Gasteiger partial charge is 0.310 e. The molecule has 1 nitrogen and oxygen atoms in total. The van der Waals surface area contributed by atoms with Crippen LogP contribution >= 0.6 is 0 Å². The highest BCUT2D eigenvalue weighted by atomic mass is 14.9. The summed E-state index contributed by atoms with van der Waals surface area (Å²) in [7, 11) is 0. The van der Waals surface area contributed by atoms with E-state index in [0.717, 1.165) is 12.6 Å². The second-order valence-electron chi connectivity index (χ2n) is 4.76. The molecule has 0 spiro atoms. The molecule has 0 unspecified atom stereocenters. The predicted molar refractivity (Wildman–Crippen MR) is 70.4 cm³/mol. The average molecular weight is 215 g/mol. The van der Waals surface area contributed by atoms with Crippen molar-refractivity contribution in [1.82, 2.24) is 5.32 Å². The van der Waals surface area contributed by atoms with Gasteiger partial charge in [0.25, 0.3) is 0 Å². The molecular formula is C15H21N. The Morgan fingerprint density at radius 3 is 2.62 bits per heavy atom. The van der Waals surface area contributed by atoms with E-state index in [9.17, 15) is 0 Å². The van der Waals surface area contributed by atoms with Gasteiger partial charge in [-0.3, -0.25) is 0 Å². The van der Waals surface area contributed by atoms with Crippen LogP contribution in [0.5, 0.6) is 0 Å². The summed E-state index contributed by atoms with van der Waals surface area (Å²) in [6.07, 6.45) is 7.79. The molecule has 1 saturated carbocycles. The molecule has 1 aliphatic carbocycles. The van der Waals surface area contributed by atoms with Crippen LogP contribution in [0.1, 0.15) is 38.2 Å². The quantitative estimate of drug-likeness (QED) is 0.809. The molecule has 86 valence electrons. The first kappa shape index (κ1) is 11.4. The smallest absolute Gasteiger partial charge is 0.0167 e. The van der Waals surface area contributed by atoms with Crippen molar-refractivity contribution in [3.8, 4) is 0 Å². The predicted octanol–water partition coefficient (Wildman–Crippen LogP) is 3.62. The van der Waals surface area contributed by atoms with Gasteiger partial charge in [-0.15, -0.1) is 0 Å². The topological polar surface area (TPSA) is 12.0 Å². The first-order valence-electron chi connectivity index (χ1n) is 6.30. The molecule has 1 aliphatic rings. The number of rotatable bonds is 4. The van der Waals surface area contributed by atoms with Gasteiger partial charge >= 0.3 is 0 Å². The first-order valence-corrected chi connectivity index (χ1v) is 6.30. The molecule has 0 aromatic heterocycles. The van der Waals surface area contributed by atoms with E-state index < -0.39 is 0 Å². The molecule has 0 amide bonds. The lowest BCUT2D eigenvalue weighted by atomic mass is 10.1. The Morgan fingerprint density at radius 2 is 1.94 bits per heavy atom. The third-order valence-electron chi connectivity index (χ3n) is 3.24. The van der Waals surface area contributed by atoms with Gasteiger partial charge in [-0.1, -0.05) is 54.8 Å². The number of hydrogen-bond acceptors (Lipinski definition) is 1. The summed E-state index contributed by atoms with van der Waals surface area (Å²) in [5, 5.41) is 3.63. The van der Waals surface area contributed by atoms with Gasteiger partial charge in [-0.05, 0) is 25.3 Å². The molecule has 1 N–H and O–H groups in total. The molecule has 1 aromatic rings. The van der Waals surface area contributed by atoms with Crippen molar-refractivity contribution in [1.29, 1.82) is 0 Å². The van der Waals surface area contributed by atoms with Crippen molar-refractivity contribution < 1.29 is 0 Å². The van der Waals surface area contributed by atoms with Crippen LogP contribution in [-0.2, 0) is 0 Å². The van der Waals surface area contributed by atoms with E-state index in [2.05, 4.69) is 48.6 Å². The summed E-state index contributed by atoms with van der Waals surface area (Å²) in [5.41, 5.74) is 2.71. The van der Waals surface area contributed by atoms with E-state index >= 15 is 0 Å². The van der Waals surface area contributed by atoms with Gasteiger partial charge in [-0.25, -0.2) is 0 Å². The Hall–Kier alpha value is -1.08. The lowest BCUT2D eigenvalue weighted by molar-refractivity contribution is 0.550. The molecule has 0 heterocycles. The van der Waals surface area contributed by atoms with Crippen molar-refractivity contribution in [2.75, 3.05) is 6.54 Å². The number of hydrogen-bond donors (Lipinski definition) is 1. The molecule has 1 aromatic carbocycles. The van der Waals surface area contributed by atoms with Gasteiger partial charge in [0.1, 0.15) is 0 Å². The van der Waals surface area contributed by atoms with Gasteiger partial charge in [0.15, 0.2) is 0 Å². The SMILES string of the molecule is CC(=Cc1ccccc1)CNC1CCCC1. The molecule has 0 bridgehead atoms. The fourth-order valence-corrected chi connectivity index (χ4v) is 2.32. The van der Waals surface area contributed by atoms with Crippen LogP contribution in [0.4, 0.5) is 0 Å². The molecule has 0 radical (unpaired) electrons. The Kier molecular flexibility index (Phi) is 4.17. The van der Waals surface area contributed by atoms with Gasteiger partial charge in [0, 0.05) is 12.6 Å². The second-order valence-corrected chi connectivity index (χ2v) is 4.76. The van der Waals surface area contributed by atoms with E-state index in [1.165, 1.54) is 36.8 Å². The minimum Gasteiger partial charge on any atom is -0.310 e. The van der Waals surface area contributed by atoms with Crippen molar-refractivity contribution in [2.45, 2.75) is 38.6 Å². The zero-order valence-corrected chi connectivity index (χ0v) is 10.1. The monoisotopic (exact) mass is 215 g/mol. The number of nitrogens with one attached hydrogen (secondary N) is 1. The summed E-state index contributed by atoms with van der Waals surface area (Å²) in [5.74, 6) is 0. The summed E-state index contributed by atoms with van der Waals surface area (Å²) in [6, 6.07) is 11.3. The molecule has 1 fully saturated rings. The lowest BCUT2D eigenvalue weighted by Crippen LogP contribution is -2.27. The fraction of sp³-hybridized carbons (Fsp3) is 0.467. The van der Waals surface area contributed by atoms with Crippen molar-refractivity contribution >= 4 is 6.08 Å². The zero-order valence-electron chi connectivity index (χ0n) is 10.1. The van der Waals surface area contributed by atoms with Crippen LogP contribution in [-0.4, -0.2) is 12.6 Å². The number of benzene rings is 1. The maximum absolute atomic E-state index is 3.63. The maximum Gasteiger partial charge on any atom is 0.0167 e. The molecule has 1 heteroatoms. The molecule has 0 aliphatic heterocycles. The molecular weight excluding hydrogens is 194 g/mol. The van der Waals surface area contributed by atoms with Crippen molar-refractivity contribution in [3.63, 3.8) is 0 Å². The first-order chi connectivity index (χ1) is 7.84. The fourth-order valence-electron chi connectivity index (χ4n) is 2.32. The summed E-state index contributed by atoms with van der Waals surface area (Å²) < 4.78 is 0. The summed E-state index contributed by atoms with van der Waals surface area (Å²) >= 11 is 0. The highest BCUT2D eigenvalue weighted by molar-refractivity contribution is 5.52. The molecule has 0 saturated heterocycles. The average Bonchev–Trinajstić information content (AvgIpc) is 2.81. The van der Waals surface area contributed by atoms with E-state index in [1.807, 2.05) is 0 Å². The van der Waals surface area contributed by atoms with Crippen LogP contribution in [0.3, 0.4) is 0 Å². The Bertz CT molecular complexity index is 334. The highest BCUT2D eigenvalue weighted by Gasteiger charge is 2.13. The minimum atomic E-state index is 0.763. The van der Waals surface area contributed by atoms with Crippen LogP contribution in [0.15, 0.2) is 35.9 Å². The zero-order chi connectivity index (χ0) is 11.2. The van der Waals surface area contributed by atoms with E-state index in [-0.39, 0.29) is 0 Å². The molecule has 16 heavy (non-hydrogen) atoms. The minimum absolute atomic E-state index is 0.763.